The zero-order valence-corrected chi connectivity index (χ0v) is 16.2. The van der Waals surface area contributed by atoms with Gasteiger partial charge in [0.2, 0.25) is 11.1 Å². The van der Waals surface area contributed by atoms with Crippen LogP contribution >= 0.6 is 25.0 Å². The molecule has 0 aliphatic rings. The second-order valence-corrected chi connectivity index (χ2v) is 5.23. The molecule has 0 saturated heterocycles. The molecule has 0 unspecified atom stereocenters. The van der Waals surface area contributed by atoms with E-state index in [0.29, 0.717) is 35.3 Å². The van der Waals surface area contributed by atoms with Crippen molar-refractivity contribution >= 4 is 30.7 Å². The second-order valence-electron chi connectivity index (χ2n) is 4.78. The molecule has 2 rings (SSSR count). The van der Waals surface area contributed by atoms with Gasteiger partial charge in [0.25, 0.3) is 0 Å². The van der Waals surface area contributed by atoms with Gasteiger partial charge in [0.15, 0.2) is 4.98 Å². The lowest BCUT2D eigenvalue weighted by molar-refractivity contribution is -0.00000592. The van der Waals surface area contributed by atoms with E-state index in [1.807, 2.05) is 45.0 Å². The molecule has 0 spiro atoms. The van der Waals surface area contributed by atoms with Crippen molar-refractivity contribution in [2.75, 3.05) is 13.2 Å². The fourth-order valence-corrected chi connectivity index (χ4v) is 2.66. The lowest BCUT2D eigenvalue weighted by atomic mass is 10.0. The minimum absolute atomic E-state index is 0. The highest BCUT2D eigenvalue weighted by atomic mass is 35.5. The van der Waals surface area contributed by atoms with E-state index in [4.69, 9.17) is 9.47 Å². The summed E-state index contributed by atoms with van der Waals surface area (Å²) in [6, 6.07) is 9.76. The Labute approximate surface area is 160 Å². The van der Waals surface area contributed by atoms with Gasteiger partial charge >= 0.3 is 5.69 Å². The zero-order chi connectivity index (χ0) is 16.1. The Hall–Kier alpha value is -1.61. The Bertz CT molecular complexity index is 716. The molecule has 0 aliphatic heterocycles. The van der Waals surface area contributed by atoms with Crippen molar-refractivity contribution in [1.82, 2.24) is 0 Å². The molecule has 4 nitrogen and oxygen atoms in total. The van der Waals surface area contributed by atoms with E-state index in [0.717, 1.165) is 11.1 Å². The van der Waals surface area contributed by atoms with Crippen LogP contribution in [0.2, 0.25) is 0 Å². The Kier molecular flexibility index (Phi) is 9.60. The van der Waals surface area contributed by atoms with Crippen molar-refractivity contribution in [2.45, 2.75) is 25.7 Å². The molecule has 0 radical (unpaired) electrons. The summed E-state index contributed by atoms with van der Waals surface area (Å²) in [6.45, 7) is 6.77. The summed E-state index contributed by atoms with van der Waals surface area (Å²) >= 11 is 4.59. The van der Waals surface area contributed by atoms with Crippen molar-refractivity contribution in [2.24, 2.45) is 0 Å². The van der Waals surface area contributed by atoms with Gasteiger partial charge in [0.1, 0.15) is 5.75 Å². The highest BCUT2D eigenvalue weighted by Crippen LogP contribution is 2.47. The summed E-state index contributed by atoms with van der Waals surface area (Å²) in [4.78, 5) is 3.89. The maximum absolute atomic E-state index is 9.22. The van der Waals surface area contributed by atoms with Gasteiger partial charge in [-0.2, -0.15) is 0 Å². The summed E-state index contributed by atoms with van der Waals surface area (Å²) < 4.78 is 11.3. The van der Waals surface area contributed by atoms with E-state index < -0.39 is 0 Å². The average molecular weight is 387 g/mol. The summed E-state index contributed by atoms with van der Waals surface area (Å²) in [7, 11) is 0. The van der Waals surface area contributed by atoms with Crippen LogP contribution in [-0.2, 0) is 0 Å². The molecular weight excluding hydrogens is 367 g/mol. The first kappa shape index (κ1) is 22.4. The van der Waals surface area contributed by atoms with E-state index in [2.05, 4.69) is 17.6 Å². The summed E-state index contributed by atoms with van der Waals surface area (Å²) in [6.07, 6.45) is 0. The number of halogens is 2. The third-order valence-corrected chi connectivity index (χ3v) is 3.66. The van der Waals surface area contributed by atoms with Gasteiger partial charge in [-0.05, 0) is 26.3 Å². The number of thiol groups is 1. The van der Waals surface area contributed by atoms with Crippen LogP contribution in [0.4, 0.5) is 5.69 Å². The van der Waals surface area contributed by atoms with Gasteiger partial charge < -0.3 is 21.9 Å². The predicted octanol–water partition coefficient (Wildman–Crippen LogP) is 2.66. The van der Waals surface area contributed by atoms with Crippen molar-refractivity contribution in [3.63, 3.8) is 0 Å². The van der Waals surface area contributed by atoms with Crippen LogP contribution < -0.4 is 21.9 Å². The van der Waals surface area contributed by atoms with E-state index in [1.165, 1.54) is 5.56 Å². The Morgan fingerprint density at radius 1 is 1.08 bits per heavy atom. The number of rotatable bonds is 5. The van der Waals surface area contributed by atoms with Gasteiger partial charge in [-0.1, -0.05) is 29.8 Å². The summed E-state index contributed by atoms with van der Waals surface area (Å²) in [5.41, 5.74) is 3.30. The van der Waals surface area contributed by atoms with Gasteiger partial charge in [-0.25, -0.2) is 0 Å². The quantitative estimate of drug-likeness (QED) is 0.634. The standard InChI is InChI=1S/C17H18N2O2S.2ClH/c1-4-20-14-10-13(19-18)16(21-5-2)17(22)15(14)12-8-6-11(3)7-9-12;;/h6-10H,4-5H2,1-3H3;2*1H. The molecule has 0 saturated carbocycles. The number of hydrogen-bond donors (Lipinski definition) is 1. The van der Waals surface area contributed by atoms with Crippen LogP contribution in [-0.4, -0.2) is 13.2 Å². The van der Waals surface area contributed by atoms with Gasteiger partial charge in [-0.3, -0.25) is 0 Å². The molecule has 0 atom stereocenters. The molecule has 0 aliphatic carbocycles. The first-order valence-corrected chi connectivity index (χ1v) is 7.64. The second kappa shape index (κ2) is 10.3. The lowest BCUT2D eigenvalue weighted by Crippen LogP contribution is -3.00. The number of hydrogen-bond acceptors (Lipinski definition) is 4. The summed E-state index contributed by atoms with van der Waals surface area (Å²) in [5.74, 6) is 1.07. The van der Waals surface area contributed by atoms with E-state index >= 15 is 0 Å². The Morgan fingerprint density at radius 2 is 1.67 bits per heavy atom. The van der Waals surface area contributed by atoms with Gasteiger partial charge in [-0.15, -0.1) is 25.0 Å². The Morgan fingerprint density at radius 3 is 2.17 bits per heavy atom. The third kappa shape index (κ3) is 4.70. The molecule has 130 valence electrons. The highest BCUT2D eigenvalue weighted by molar-refractivity contribution is 7.80. The number of ether oxygens (including phenoxy) is 2. The predicted molar refractivity (Wildman–Crippen MR) is 98.2 cm³/mol. The molecule has 0 bridgehead atoms. The SMILES string of the molecule is CCOc1cc([N+]#N)c(OCC)c(S)c1-c1ccc(C)cc1.Cl.[Cl-]. The molecule has 0 heterocycles. The van der Waals surface area contributed by atoms with Crippen LogP contribution in [0.15, 0.2) is 35.2 Å². The van der Waals surface area contributed by atoms with E-state index in [9.17, 15) is 5.39 Å². The average Bonchev–Trinajstić information content (AvgIpc) is 2.51. The largest absolute Gasteiger partial charge is 1.00 e. The van der Waals surface area contributed by atoms with Crippen LogP contribution in [0, 0.1) is 12.3 Å². The maximum Gasteiger partial charge on any atom is 0.431 e. The lowest BCUT2D eigenvalue weighted by Gasteiger charge is -2.14. The number of diazo groups is 1. The van der Waals surface area contributed by atoms with Crippen molar-refractivity contribution in [3.8, 4) is 22.6 Å². The highest BCUT2D eigenvalue weighted by Gasteiger charge is 2.26. The molecule has 7 heteroatoms. The Balaban J connectivity index is 0.00000264. The minimum atomic E-state index is 0. The zero-order valence-electron chi connectivity index (χ0n) is 13.7. The monoisotopic (exact) mass is 386 g/mol. The van der Waals surface area contributed by atoms with Crippen molar-refractivity contribution in [1.29, 1.82) is 5.39 Å². The van der Waals surface area contributed by atoms with Crippen molar-refractivity contribution in [3.05, 3.63) is 40.9 Å². The van der Waals surface area contributed by atoms with Crippen LogP contribution in [0.1, 0.15) is 19.4 Å². The topological polar surface area (TPSA) is 46.6 Å². The van der Waals surface area contributed by atoms with Crippen molar-refractivity contribution < 1.29 is 21.9 Å². The fourth-order valence-electron chi connectivity index (χ4n) is 2.24. The van der Waals surface area contributed by atoms with E-state index in [-0.39, 0.29) is 24.8 Å². The number of aryl methyl sites for hydroxylation is 1. The van der Waals surface area contributed by atoms with Gasteiger partial charge in [0.05, 0.1) is 24.2 Å². The molecule has 0 aromatic heterocycles. The normalized spacial score (nSPS) is 9.29. The smallest absolute Gasteiger partial charge is 0.431 e. The first-order chi connectivity index (χ1) is 10.6. The molecular formula is C17H20Cl2N2O2S. The van der Waals surface area contributed by atoms with Crippen LogP contribution in [0.5, 0.6) is 11.5 Å². The molecule has 2 aromatic rings. The van der Waals surface area contributed by atoms with Crippen LogP contribution in [0.25, 0.3) is 16.1 Å². The molecule has 0 fully saturated rings. The summed E-state index contributed by atoms with van der Waals surface area (Å²) in [5, 5.41) is 9.22. The molecule has 2 aromatic carbocycles. The maximum atomic E-state index is 9.22. The van der Waals surface area contributed by atoms with Crippen LogP contribution in [0.3, 0.4) is 0 Å². The minimum Gasteiger partial charge on any atom is -1.00 e. The first-order valence-electron chi connectivity index (χ1n) is 7.20. The molecule has 0 amide bonds. The van der Waals surface area contributed by atoms with E-state index in [1.54, 1.807) is 6.07 Å². The number of nitrogens with zero attached hydrogens (tertiary/aromatic N) is 2. The number of benzene rings is 2. The molecule has 24 heavy (non-hydrogen) atoms. The fraction of sp³-hybridized carbons (Fsp3) is 0.294. The van der Waals surface area contributed by atoms with Gasteiger partial charge in [0, 0.05) is 5.56 Å². The molecule has 0 N–H and O–H groups in total. The third-order valence-electron chi connectivity index (χ3n) is 3.24.